The van der Waals surface area contributed by atoms with Crippen molar-refractivity contribution in [3.8, 4) is 0 Å². The van der Waals surface area contributed by atoms with Gasteiger partial charge >= 0.3 is 11.9 Å². The normalized spacial score (nSPS) is 13.5. The second-order valence-corrected chi connectivity index (χ2v) is 7.82. The number of rotatable bonds is 5. The number of esters is 1. The fraction of sp³-hybridized carbons (Fsp3) is 0.280. The van der Waals surface area contributed by atoms with E-state index in [1.807, 2.05) is 24.3 Å². The Labute approximate surface area is 185 Å². The topological polar surface area (TPSA) is 106 Å². The highest BCUT2D eigenvalue weighted by molar-refractivity contribution is 6.06. The number of benzene rings is 2. The van der Waals surface area contributed by atoms with Gasteiger partial charge in [-0.1, -0.05) is 43.2 Å². The molecular formula is C25H24N2O5. The van der Waals surface area contributed by atoms with E-state index in [0.717, 1.165) is 55.3 Å². The number of nitrogens with one attached hydrogen (secondary N) is 1. The summed E-state index contributed by atoms with van der Waals surface area (Å²) < 4.78 is 5.38. The van der Waals surface area contributed by atoms with Crippen LogP contribution in [0.1, 0.15) is 57.7 Å². The van der Waals surface area contributed by atoms with Crippen LogP contribution >= 0.6 is 0 Å². The van der Waals surface area contributed by atoms with Crippen molar-refractivity contribution in [2.45, 2.75) is 38.5 Å². The summed E-state index contributed by atoms with van der Waals surface area (Å²) in [4.78, 5) is 41.6. The highest BCUT2D eigenvalue weighted by Crippen LogP contribution is 2.29. The molecule has 7 nitrogen and oxygen atoms in total. The molecule has 1 amide bonds. The summed E-state index contributed by atoms with van der Waals surface area (Å²) in [6.07, 6.45) is 5.80. The quantitative estimate of drug-likeness (QED) is 0.580. The van der Waals surface area contributed by atoms with Crippen molar-refractivity contribution in [3.05, 3.63) is 70.9 Å². The molecule has 32 heavy (non-hydrogen) atoms. The average molecular weight is 432 g/mol. The zero-order valence-corrected chi connectivity index (χ0v) is 17.6. The van der Waals surface area contributed by atoms with Gasteiger partial charge in [-0.05, 0) is 49.4 Å². The standard InChI is InChI=1S/C25H24N2O5/c28-22(27-21-14-8-6-11-18(21)24(29)30)15-32-25(31)23-16-9-3-1-2-4-12-19(16)26-20-13-7-5-10-17(20)23/h5-8,10-11,13-14H,1-4,9,12,15H2,(H,27,28)(H,29,30). The average Bonchev–Trinajstić information content (AvgIpc) is 2.77. The lowest BCUT2D eigenvalue weighted by Crippen LogP contribution is -2.23. The number of para-hydroxylation sites is 2. The Morgan fingerprint density at radius 3 is 2.47 bits per heavy atom. The van der Waals surface area contributed by atoms with E-state index in [2.05, 4.69) is 5.32 Å². The molecule has 1 aromatic heterocycles. The molecule has 4 rings (SSSR count). The second kappa shape index (κ2) is 9.60. The Bertz CT molecular complexity index is 1190. The number of aryl methyl sites for hydroxylation is 1. The van der Waals surface area contributed by atoms with Crippen LogP contribution in [0.5, 0.6) is 0 Å². The van der Waals surface area contributed by atoms with Crippen molar-refractivity contribution in [1.29, 1.82) is 0 Å². The number of anilines is 1. The number of carbonyl (C=O) groups excluding carboxylic acids is 2. The third-order valence-corrected chi connectivity index (χ3v) is 5.64. The molecule has 0 spiro atoms. The van der Waals surface area contributed by atoms with E-state index >= 15 is 0 Å². The highest BCUT2D eigenvalue weighted by Gasteiger charge is 2.23. The van der Waals surface area contributed by atoms with Crippen molar-refractivity contribution in [3.63, 3.8) is 0 Å². The van der Waals surface area contributed by atoms with Crippen molar-refractivity contribution in [1.82, 2.24) is 4.98 Å². The van der Waals surface area contributed by atoms with Gasteiger partial charge in [-0.3, -0.25) is 9.78 Å². The Morgan fingerprint density at radius 1 is 0.938 bits per heavy atom. The molecule has 2 N–H and O–H groups in total. The second-order valence-electron chi connectivity index (χ2n) is 7.82. The molecule has 7 heteroatoms. The smallest absolute Gasteiger partial charge is 0.339 e. The lowest BCUT2D eigenvalue weighted by atomic mass is 9.91. The van der Waals surface area contributed by atoms with Crippen LogP contribution in [0.4, 0.5) is 5.69 Å². The maximum atomic E-state index is 13.1. The number of aromatic carboxylic acids is 1. The zero-order chi connectivity index (χ0) is 22.5. The molecule has 3 aromatic rings. The first-order valence-corrected chi connectivity index (χ1v) is 10.7. The molecule has 0 saturated carbocycles. The van der Waals surface area contributed by atoms with Crippen molar-refractivity contribution in [2.24, 2.45) is 0 Å². The predicted octanol–water partition coefficient (Wildman–Crippen LogP) is 4.39. The molecule has 1 heterocycles. The lowest BCUT2D eigenvalue weighted by molar-refractivity contribution is -0.119. The summed E-state index contributed by atoms with van der Waals surface area (Å²) in [5, 5.41) is 12.5. The summed E-state index contributed by atoms with van der Waals surface area (Å²) >= 11 is 0. The summed E-state index contributed by atoms with van der Waals surface area (Å²) in [7, 11) is 0. The largest absolute Gasteiger partial charge is 0.478 e. The highest BCUT2D eigenvalue weighted by atomic mass is 16.5. The van der Waals surface area contributed by atoms with E-state index < -0.39 is 24.5 Å². The Morgan fingerprint density at radius 2 is 1.66 bits per heavy atom. The van der Waals surface area contributed by atoms with Gasteiger partial charge in [-0.15, -0.1) is 0 Å². The minimum atomic E-state index is -1.15. The number of amides is 1. The summed E-state index contributed by atoms with van der Waals surface area (Å²) in [6.45, 7) is -0.516. The van der Waals surface area contributed by atoms with Gasteiger partial charge < -0.3 is 15.2 Å². The van der Waals surface area contributed by atoms with E-state index in [0.29, 0.717) is 10.9 Å². The van der Waals surface area contributed by atoms with Crippen LogP contribution in [0.3, 0.4) is 0 Å². The van der Waals surface area contributed by atoms with Gasteiger partial charge in [0.15, 0.2) is 6.61 Å². The number of hydrogen-bond donors (Lipinski definition) is 2. The maximum absolute atomic E-state index is 13.1. The molecule has 1 aliphatic rings. The van der Waals surface area contributed by atoms with E-state index in [4.69, 9.17) is 9.72 Å². The Hall–Kier alpha value is -3.74. The minimum absolute atomic E-state index is 0.0336. The van der Waals surface area contributed by atoms with Crippen LogP contribution in [0, 0.1) is 0 Å². The van der Waals surface area contributed by atoms with Crippen LogP contribution in [-0.2, 0) is 22.4 Å². The van der Waals surface area contributed by atoms with Gasteiger partial charge in [0.1, 0.15) is 0 Å². The first-order valence-electron chi connectivity index (χ1n) is 10.7. The first kappa shape index (κ1) is 21.5. The molecule has 0 radical (unpaired) electrons. The summed E-state index contributed by atoms with van der Waals surface area (Å²) in [6, 6.07) is 13.5. The molecule has 0 atom stereocenters. The van der Waals surface area contributed by atoms with Crippen molar-refractivity contribution < 1.29 is 24.2 Å². The molecule has 0 bridgehead atoms. The minimum Gasteiger partial charge on any atom is -0.478 e. The van der Waals surface area contributed by atoms with Gasteiger partial charge in [0.25, 0.3) is 5.91 Å². The van der Waals surface area contributed by atoms with Crippen LogP contribution in [0.15, 0.2) is 48.5 Å². The van der Waals surface area contributed by atoms with Gasteiger partial charge in [0, 0.05) is 11.1 Å². The van der Waals surface area contributed by atoms with Crippen molar-refractivity contribution >= 4 is 34.4 Å². The fourth-order valence-electron chi connectivity index (χ4n) is 4.13. The summed E-state index contributed by atoms with van der Waals surface area (Å²) in [5.41, 5.74) is 3.17. The molecule has 1 aliphatic carbocycles. The molecule has 0 unspecified atom stereocenters. The van der Waals surface area contributed by atoms with E-state index in [1.54, 1.807) is 12.1 Å². The Kier molecular flexibility index (Phi) is 6.44. The number of carboxylic acids is 1. The zero-order valence-electron chi connectivity index (χ0n) is 17.6. The molecule has 0 fully saturated rings. The van der Waals surface area contributed by atoms with Crippen LogP contribution in [-0.4, -0.2) is 34.5 Å². The van der Waals surface area contributed by atoms with Crippen molar-refractivity contribution in [2.75, 3.05) is 11.9 Å². The number of nitrogens with zero attached hydrogens (tertiary/aromatic N) is 1. The number of hydrogen-bond acceptors (Lipinski definition) is 5. The number of carboxylic acid groups (broad SMARTS) is 1. The first-order chi connectivity index (χ1) is 15.5. The molecule has 0 aliphatic heterocycles. The van der Waals surface area contributed by atoms with Crippen LogP contribution in [0.25, 0.3) is 10.9 Å². The number of carbonyl (C=O) groups is 3. The SMILES string of the molecule is O=C(COC(=O)c1c2c(nc3ccccc13)CCCCCC2)Nc1ccccc1C(=O)O. The predicted molar refractivity (Wildman–Crippen MR) is 120 cm³/mol. The third-order valence-electron chi connectivity index (χ3n) is 5.64. The van der Waals surface area contributed by atoms with E-state index in [-0.39, 0.29) is 11.3 Å². The maximum Gasteiger partial charge on any atom is 0.339 e. The number of ether oxygens (including phenoxy) is 1. The van der Waals surface area contributed by atoms with Gasteiger partial charge in [-0.2, -0.15) is 0 Å². The number of aromatic nitrogens is 1. The Balaban J connectivity index is 1.57. The molecule has 0 saturated heterocycles. The van der Waals surface area contributed by atoms with E-state index in [9.17, 15) is 19.5 Å². The van der Waals surface area contributed by atoms with Gasteiger partial charge in [-0.25, -0.2) is 9.59 Å². The van der Waals surface area contributed by atoms with Crippen LogP contribution in [0.2, 0.25) is 0 Å². The molecular weight excluding hydrogens is 408 g/mol. The fourth-order valence-corrected chi connectivity index (χ4v) is 4.13. The molecule has 2 aromatic carbocycles. The summed E-state index contributed by atoms with van der Waals surface area (Å²) in [5.74, 6) is -2.32. The van der Waals surface area contributed by atoms with Crippen LogP contribution < -0.4 is 5.32 Å². The molecule has 164 valence electrons. The van der Waals surface area contributed by atoms with Gasteiger partial charge in [0.2, 0.25) is 0 Å². The number of fused-ring (bicyclic) bond motifs is 2. The lowest BCUT2D eigenvalue weighted by Gasteiger charge is -2.18. The van der Waals surface area contributed by atoms with Gasteiger partial charge in [0.05, 0.1) is 22.3 Å². The third kappa shape index (κ3) is 4.61. The number of pyridine rings is 1. The monoisotopic (exact) mass is 432 g/mol. The van der Waals surface area contributed by atoms with E-state index in [1.165, 1.54) is 12.1 Å².